The second-order valence-corrected chi connectivity index (χ2v) is 6.98. The van der Waals surface area contributed by atoms with Gasteiger partial charge in [-0.3, -0.25) is 9.78 Å². The maximum Gasteiger partial charge on any atom is 0.185 e. The van der Waals surface area contributed by atoms with Crippen molar-refractivity contribution in [2.75, 3.05) is 36.8 Å². The molecule has 2 heterocycles. The van der Waals surface area contributed by atoms with Crippen molar-refractivity contribution < 1.29 is 4.79 Å². The number of aromatic nitrogens is 1. The highest BCUT2D eigenvalue weighted by molar-refractivity contribution is 5.96. The molecular weight excluding hydrogens is 336 g/mol. The third kappa shape index (κ3) is 3.93. The second kappa shape index (κ2) is 7.76. The van der Waals surface area contributed by atoms with Gasteiger partial charge in [-0.2, -0.15) is 0 Å². The summed E-state index contributed by atoms with van der Waals surface area (Å²) in [6.45, 7) is 3.87. The number of rotatable bonds is 5. The third-order valence-corrected chi connectivity index (χ3v) is 5.15. The first-order chi connectivity index (χ1) is 13.2. The van der Waals surface area contributed by atoms with Gasteiger partial charge in [-0.15, -0.1) is 0 Å². The smallest absolute Gasteiger partial charge is 0.185 e. The fourth-order valence-electron chi connectivity index (χ4n) is 3.54. The minimum atomic E-state index is -0.00997. The fourth-order valence-corrected chi connectivity index (χ4v) is 3.54. The SMILES string of the molecule is Nc1ccc(C2=CC=CC2)cc1CC(=O)c1ccc(N2CCNCC2)cn1. The van der Waals surface area contributed by atoms with Gasteiger partial charge < -0.3 is 16.0 Å². The van der Waals surface area contributed by atoms with Crippen LogP contribution in [0.15, 0.2) is 54.8 Å². The van der Waals surface area contributed by atoms with Gasteiger partial charge in [0.05, 0.1) is 11.9 Å². The van der Waals surface area contributed by atoms with Gasteiger partial charge in [-0.1, -0.05) is 24.3 Å². The molecule has 5 heteroatoms. The number of nitrogen functional groups attached to an aromatic ring is 1. The van der Waals surface area contributed by atoms with Crippen LogP contribution in [0.3, 0.4) is 0 Å². The van der Waals surface area contributed by atoms with Gasteiger partial charge in [0, 0.05) is 38.3 Å². The number of carbonyl (C=O) groups is 1. The summed E-state index contributed by atoms with van der Waals surface area (Å²) in [6, 6.07) is 9.74. The Morgan fingerprint density at radius 2 is 2.04 bits per heavy atom. The van der Waals surface area contributed by atoms with Crippen molar-refractivity contribution in [2.45, 2.75) is 12.8 Å². The molecule has 1 aromatic heterocycles. The molecule has 1 aliphatic heterocycles. The molecule has 27 heavy (non-hydrogen) atoms. The quantitative estimate of drug-likeness (QED) is 0.634. The number of piperazine rings is 1. The van der Waals surface area contributed by atoms with E-state index in [0.29, 0.717) is 11.4 Å². The minimum absolute atomic E-state index is 0.00997. The van der Waals surface area contributed by atoms with Crippen molar-refractivity contribution in [3.8, 4) is 0 Å². The maximum atomic E-state index is 12.7. The highest BCUT2D eigenvalue weighted by Crippen LogP contribution is 2.27. The highest BCUT2D eigenvalue weighted by Gasteiger charge is 2.15. The van der Waals surface area contributed by atoms with E-state index in [0.717, 1.165) is 49.4 Å². The number of allylic oxidation sites excluding steroid dienone is 4. The van der Waals surface area contributed by atoms with Crippen molar-refractivity contribution in [3.05, 3.63) is 71.6 Å². The first kappa shape index (κ1) is 17.5. The van der Waals surface area contributed by atoms with E-state index in [1.807, 2.05) is 30.3 Å². The van der Waals surface area contributed by atoms with Gasteiger partial charge in [0.25, 0.3) is 0 Å². The zero-order valence-corrected chi connectivity index (χ0v) is 15.3. The lowest BCUT2D eigenvalue weighted by atomic mass is 9.98. The summed E-state index contributed by atoms with van der Waals surface area (Å²) in [5, 5.41) is 3.34. The van der Waals surface area contributed by atoms with Gasteiger partial charge in [0.1, 0.15) is 5.69 Å². The summed E-state index contributed by atoms with van der Waals surface area (Å²) in [7, 11) is 0. The van der Waals surface area contributed by atoms with E-state index in [2.05, 4.69) is 33.4 Å². The van der Waals surface area contributed by atoms with Crippen molar-refractivity contribution >= 4 is 22.7 Å². The number of benzene rings is 1. The van der Waals surface area contributed by atoms with Crippen molar-refractivity contribution in [1.82, 2.24) is 10.3 Å². The van der Waals surface area contributed by atoms with Crippen LogP contribution >= 0.6 is 0 Å². The first-order valence-electron chi connectivity index (χ1n) is 9.40. The van der Waals surface area contributed by atoms with Crippen LogP contribution in [0.25, 0.3) is 5.57 Å². The number of nitrogens with two attached hydrogens (primary N) is 1. The zero-order valence-electron chi connectivity index (χ0n) is 15.3. The summed E-state index contributed by atoms with van der Waals surface area (Å²) < 4.78 is 0. The summed E-state index contributed by atoms with van der Waals surface area (Å²) in [5.74, 6) is -0.00997. The lowest BCUT2D eigenvalue weighted by molar-refractivity contribution is 0.0988. The van der Waals surface area contributed by atoms with Crippen LogP contribution in [0.5, 0.6) is 0 Å². The summed E-state index contributed by atoms with van der Waals surface area (Å²) >= 11 is 0. The Hall–Kier alpha value is -2.92. The molecule has 0 radical (unpaired) electrons. The number of carbonyl (C=O) groups excluding carboxylic acids is 1. The Balaban J connectivity index is 1.48. The highest BCUT2D eigenvalue weighted by atomic mass is 16.1. The average Bonchev–Trinajstić information content (AvgIpc) is 3.25. The molecule has 2 aromatic rings. The number of nitrogens with one attached hydrogen (secondary N) is 1. The molecule has 4 rings (SSSR count). The normalized spacial score (nSPS) is 16.4. The number of pyridine rings is 1. The van der Waals surface area contributed by atoms with Gasteiger partial charge in [0.2, 0.25) is 0 Å². The Labute approximate surface area is 159 Å². The topological polar surface area (TPSA) is 71.2 Å². The lowest BCUT2D eigenvalue weighted by Gasteiger charge is -2.29. The number of Topliss-reactive ketones (excluding diaryl/α,β-unsaturated/α-hetero) is 1. The number of hydrogen-bond acceptors (Lipinski definition) is 5. The van der Waals surface area contributed by atoms with E-state index in [9.17, 15) is 4.79 Å². The molecule has 0 spiro atoms. The largest absolute Gasteiger partial charge is 0.398 e. The molecule has 1 aromatic carbocycles. The molecule has 2 aliphatic rings. The Morgan fingerprint density at radius 3 is 2.74 bits per heavy atom. The van der Waals surface area contributed by atoms with E-state index in [-0.39, 0.29) is 12.2 Å². The Morgan fingerprint density at radius 1 is 1.19 bits per heavy atom. The molecule has 1 fully saturated rings. The molecule has 138 valence electrons. The zero-order chi connectivity index (χ0) is 18.6. The molecule has 0 atom stereocenters. The van der Waals surface area contributed by atoms with Crippen LogP contribution in [0.4, 0.5) is 11.4 Å². The van der Waals surface area contributed by atoms with Gasteiger partial charge in [-0.05, 0) is 47.4 Å². The molecule has 1 saturated heterocycles. The maximum absolute atomic E-state index is 12.7. The van der Waals surface area contributed by atoms with Gasteiger partial charge in [0.15, 0.2) is 5.78 Å². The van der Waals surface area contributed by atoms with Crippen LogP contribution in [0, 0.1) is 0 Å². The number of anilines is 2. The molecule has 0 unspecified atom stereocenters. The predicted molar refractivity (Wildman–Crippen MR) is 110 cm³/mol. The number of nitrogens with zero attached hydrogens (tertiary/aromatic N) is 2. The van der Waals surface area contributed by atoms with Crippen molar-refractivity contribution in [3.63, 3.8) is 0 Å². The van der Waals surface area contributed by atoms with Crippen LogP contribution in [-0.2, 0) is 6.42 Å². The minimum Gasteiger partial charge on any atom is -0.398 e. The standard InChI is InChI=1S/C22H24N4O/c23-20-7-5-17(16-3-1-2-4-16)13-18(20)14-22(27)21-8-6-19(15-25-21)26-11-9-24-10-12-26/h1-3,5-8,13,15,24H,4,9-12,14,23H2. The van der Waals surface area contributed by atoms with Gasteiger partial charge in [-0.25, -0.2) is 0 Å². The van der Waals surface area contributed by atoms with Crippen LogP contribution in [-0.4, -0.2) is 36.9 Å². The lowest BCUT2D eigenvalue weighted by Crippen LogP contribution is -2.43. The molecule has 0 bridgehead atoms. The number of hydrogen-bond donors (Lipinski definition) is 2. The average molecular weight is 360 g/mol. The van der Waals surface area contributed by atoms with E-state index in [1.165, 1.54) is 5.57 Å². The molecule has 3 N–H and O–H groups in total. The predicted octanol–water partition coefficient (Wildman–Crippen LogP) is 2.84. The molecule has 1 aliphatic carbocycles. The molecule has 5 nitrogen and oxygen atoms in total. The fraction of sp³-hybridized carbons (Fsp3) is 0.273. The van der Waals surface area contributed by atoms with E-state index >= 15 is 0 Å². The van der Waals surface area contributed by atoms with E-state index in [4.69, 9.17) is 5.73 Å². The molecular formula is C22H24N4O. The Kier molecular flexibility index (Phi) is 5.03. The first-order valence-corrected chi connectivity index (χ1v) is 9.40. The third-order valence-electron chi connectivity index (χ3n) is 5.15. The second-order valence-electron chi connectivity index (χ2n) is 6.98. The van der Waals surface area contributed by atoms with Crippen molar-refractivity contribution in [1.29, 1.82) is 0 Å². The Bertz CT molecular complexity index is 893. The number of ketones is 1. The molecule has 0 saturated carbocycles. The van der Waals surface area contributed by atoms with Crippen molar-refractivity contribution in [2.24, 2.45) is 0 Å². The van der Waals surface area contributed by atoms with E-state index < -0.39 is 0 Å². The summed E-state index contributed by atoms with van der Waals surface area (Å²) in [5.41, 5.74) is 11.6. The molecule has 0 amide bonds. The monoisotopic (exact) mass is 360 g/mol. The summed E-state index contributed by atoms with van der Waals surface area (Å²) in [6.07, 6.45) is 9.27. The van der Waals surface area contributed by atoms with E-state index in [1.54, 1.807) is 6.20 Å². The van der Waals surface area contributed by atoms with Crippen LogP contribution < -0.4 is 16.0 Å². The van der Waals surface area contributed by atoms with Crippen LogP contribution in [0.2, 0.25) is 0 Å². The summed E-state index contributed by atoms with van der Waals surface area (Å²) in [4.78, 5) is 19.4. The van der Waals surface area contributed by atoms with Crippen LogP contribution in [0.1, 0.15) is 28.0 Å². The van der Waals surface area contributed by atoms with Gasteiger partial charge >= 0.3 is 0 Å².